The summed E-state index contributed by atoms with van der Waals surface area (Å²) in [5.41, 5.74) is 2.48. The van der Waals surface area contributed by atoms with Crippen LogP contribution >= 0.6 is 15.9 Å². The molecule has 152 valence electrons. The first-order valence-electron chi connectivity index (χ1n) is 9.20. The Bertz CT molecular complexity index is 1010. The third kappa shape index (κ3) is 3.11. The number of hydrogen-bond donors (Lipinski definition) is 1. The van der Waals surface area contributed by atoms with Gasteiger partial charge in [0.25, 0.3) is 5.69 Å². The van der Waals surface area contributed by atoms with Gasteiger partial charge in [-0.2, -0.15) is 0 Å². The molecule has 0 aromatic heterocycles. The smallest absolute Gasteiger partial charge is 0.275 e. The first kappa shape index (κ1) is 19.6. The van der Waals surface area contributed by atoms with E-state index in [-0.39, 0.29) is 28.5 Å². The standard InChI is InChI=1S/C21H21BrN2O5/c1-27-16-8-7-15(24(25)26)18-12-5-4-6-13(12)19(23-20(16)18)11-9-14(22)21(29-3)17(10-11)28-2/h4-5,7-10,12-13,19,23H,6H2,1-3H3/t12?,13?,19-/m1/s1. The molecule has 0 amide bonds. The zero-order valence-corrected chi connectivity index (χ0v) is 17.9. The molecule has 1 aliphatic heterocycles. The number of nitrogens with one attached hydrogen (secondary N) is 1. The maximum absolute atomic E-state index is 11.7. The van der Waals surface area contributed by atoms with E-state index in [1.54, 1.807) is 27.4 Å². The monoisotopic (exact) mass is 460 g/mol. The topological polar surface area (TPSA) is 82.9 Å². The summed E-state index contributed by atoms with van der Waals surface area (Å²) in [4.78, 5) is 11.4. The molecule has 7 nitrogen and oxygen atoms in total. The minimum absolute atomic E-state index is 0.0707. The van der Waals surface area contributed by atoms with Crippen LogP contribution in [0.25, 0.3) is 0 Å². The maximum atomic E-state index is 11.7. The summed E-state index contributed by atoms with van der Waals surface area (Å²) < 4.78 is 17.3. The van der Waals surface area contributed by atoms with Gasteiger partial charge >= 0.3 is 0 Å². The maximum Gasteiger partial charge on any atom is 0.275 e. The van der Waals surface area contributed by atoms with Gasteiger partial charge in [0.1, 0.15) is 5.75 Å². The molecule has 0 saturated heterocycles. The summed E-state index contributed by atoms with van der Waals surface area (Å²) >= 11 is 3.57. The van der Waals surface area contributed by atoms with Gasteiger partial charge in [-0.1, -0.05) is 12.2 Å². The fourth-order valence-corrected chi connectivity index (χ4v) is 5.06. The van der Waals surface area contributed by atoms with E-state index < -0.39 is 0 Å². The average Bonchev–Trinajstić information content (AvgIpc) is 3.21. The van der Waals surface area contributed by atoms with E-state index in [9.17, 15) is 10.1 Å². The Morgan fingerprint density at radius 2 is 1.90 bits per heavy atom. The lowest BCUT2D eigenvalue weighted by molar-refractivity contribution is -0.385. The first-order chi connectivity index (χ1) is 14.0. The van der Waals surface area contributed by atoms with Crippen molar-refractivity contribution in [2.45, 2.75) is 18.4 Å². The van der Waals surface area contributed by atoms with Crippen molar-refractivity contribution in [3.63, 3.8) is 0 Å². The van der Waals surface area contributed by atoms with Gasteiger partial charge in [0, 0.05) is 12.0 Å². The van der Waals surface area contributed by atoms with E-state index in [1.807, 2.05) is 12.1 Å². The first-order valence-corrected chi connectivity index (χ1v) is 9.99. The number of hydrogen-bond acceptors (Lipinski definition) is 6. The number of anilines is 1. The molecule has 4 rings (SSSR count). The predicted molar refractivity (Wildman–Crippen MR) is 113 cm³/mol. The lowest BCUT2D eigenvalue weighted by atomic mass is 9.76. The molecule has 0 radical (unpaired) electrons. The second kappa shape index (κ2) is 7.59. The van der Waals surface area contributed by atoms with E-state index in [2.05, 4.69) is 33.4 Å². The molecule has 0 spiro atoms. The minimum atomic E-state index is -0.323. The molecule has 2 aromatic rings. The largest absolute Gasteiger partial charge is 0.495 e. The van der Waals surface area contributed by atoms with Crippen molar-refractivity contribution < 1.29 is 19.1 Å². The van der Waals surface area contributed by atoms with Crippen LogP contribution in [0.3, 0.4) is 0 Å². The molecular formula is C21H21BrN2O5. The van der Waals surface area contributed by atoms with Crippen LogP contribution in [-0.4, -0.2) is 26.3 Å². The van der Waals surface area contributed by atoms with Gasteiger partial charge < -0.3 is 19.5 Å². The SMILES string of the molecule is COc1ccc([N+](=O)[O-])c2c1N[C@H](c1cc(Br)c(OC)c(OC)c1)C1CC=CC21. The second-order valence-electron chi connectivity index (χ2n) is 7.05. The van der Waals surface area contributed by atoms with Crippen LogP contribution in [0.4, 0.5) is 11.4 Å². The van der Waals surface area contributed by atoms with Gasteiger partial charge in [-0.05, 0) is 52.0 Å². The summed E-state index contributed by atoms with van der Waals surface area (Å²) in [6.07, 6.45) is 4.99. The van der Waals surface area contributed by atoms with Crippen LogP contribution in [0.1, 0.15) is 29.5 Å². The number of rotatable bonds is 5. The van der Waals surface area contributed by atoms with E-state index >= 15 is 0 Å². The minimum Gasteiger partial charge on any atom is -0.495 e. The van der Waals surface area contributed by atoms with Crippen LogP contribution in [0.5, 0.6) is 17.2 Å². The lowest BCUT2D eigenvalue weighted by Gasteiger charge is -2.38. The molecule has 2 unspecified atom stereocenters. The Morgan fingerprint density at radius 1 is 1.14 bits per heavy atom. The molecule has 1 heterocycles. The van der Waals surface area contributed by atoms with Crippen LogP contribution in [-0.2, 0) is 0 Å². The van der Waals surface area contributed by atoms with Crippen molar-refractivity contribution in [3.05, 3.63) is 62.1 Å². The molecule has 3 atom stereocenters. The highest BCUT2D eigenvalue weighted by atomic mass is 79.9. The highest BCUT2D eigenvalue weighted by Crippen LogP contribution is 2.55. The zero-order valence-electron chi connectivity index (χ0n) is 16.3. The molecule has 0 saturated carbocycles. The number of allylic oxidation sites excluding steroid dienone is 2. The van der Waals surface area contributed by atoms with Crippen LogP contribution in [0, 0.1) is 16.0 Å². The Hall–Kier alpha value is -2.74. The van der Waals surface area contributed by atoms with Gasteiger partial charge in [-0.25, -0.2) is 0 Å². The number of halogens is 1. The van der Waals surface area contributed by atoms with Crippen molar-refractivity contribution in [1.29, 1.82) is 0 Å². The number of nitro groups is 1. The summed E-state index contributed by atoms with van der Waals surface area (Å²) in [5.74, 6) is 1.91. The normalized spacial score (nSPS) is 21.7. The number of benzene rings is 2. The van der Waals surface area contributed by atoms with Gasteiger partial charge in [-0.15, -0.1) is 0 Å². The zero-order chi connectivity index (χ0) is 20.7. The number of methoxy groups -OCH3 is 3. The van der Waals surface area contributed by atoms with Crippen LogP contribution < -0.4 is 19.5 Å². The number of ether oxygens (including phenoxy) is 3. The van der Waals surface area contributed by atoms with Crippen molar-refractivity contribution in [1.82, 2.24) is 0 Å². The summed E-state index contributed by atoms with van der Waals surface area (Å²) in [7, 11) is 4.77. The number of nitro benzene ring substituents is 1. The third-order valence-electron chi connectivity index (χ3n) is 5.69. The molecule has 2 aliphatic rings. The Labute approximate surface area is 176 Å². The van der Waals surface area contributed by atoms with Gasteiger partial charge in [0.05, 0.1) is 48.0 Å². The molecule has 1 aliphatic carbocycles. The fourth-order valence-electron chi connectivity index (χ4n) is 4.44. The van der Waals surface area contributed by atoms with E-state index in [0.29, 0.717) is 28.5 Å². The molecule has 2 aromatic carbocycles. The number of nitrogens with zero attached hydrogens (tertiary/aromatic N) is 1. The summed E-state index contributed by atoms with van der Waals surface area (Å²) in [6, 6.07) is 7.05. The van der Waals surface area contributed by atoms with Crippen molar-refractivity contribution >= 4 is 27.3 Å². The average molecular weight is 461 g/mol. The molecule has 29 heavy (non-hydrogen) atoms. The quantitative estimate of drug-likeness (QED) is 0.374. The summed E-state index contributed by atoms with van der Waals surface area (Å²) in [5, 5.41) is 15.2. The Kier molecular flexibility index (Phi) is 5.12. The van der Waals surface area contributed by atoms with Gasteiger partial charge in [0.15, 0.2) is 11.5 Å². The van der Waals surface area contributed by atoms with Crippen molar-refractivity contribution in [2.75, 3.05) is 26.6 Å². The van der Waals surface area contributed by atoms with E-state index in [4.69, 9.17) is 14.2 Å². The molecule has 0 fully saturated rings. The molecular weight excluding hydrogens is 440 g/mol. The molecule has 0 bridgehead atoms. The highest BCUT2D eigenvalue weighted by Gasteiger charge is 2.43. The van der Waals surface area contributed by atoms with E-state index in [1.165, 1.54) is 6.07 Å². The molecule has 1 N–H and O–H groups in total. The Morgan fingerprint density at radius 3 is 2.55 bits per heavy atom. The van der Waals surface area contributed by atoms with Crippen LogP contribution in [0.2, 0.25) is 0 Å². The number of fused-ring (bicyclic) bond motifs is 3. The van der Waals surface area contributed by atoms with Gasteiger partial charge in [0.2, 0.25) is 0 Å². The van der Waals surface area contributed by atoms with E-state index in [0.717, 1.165) is 16.5 Å². The fraction of sp³-hybridized carbons (Fsp3) is 0.333. The van der Waals surface area contributed by atoms with Crippen molar-refractivity contribution in [3.8, 4) is 17.2 Å². The second-order valence-corrected chi connectivity index (χ2v) is 7.90. The summed E-state index contributed by atoms with van der Waals surface area (Å²) in [6.45, 7) is 0. The highest BCUT2D eigenvalue weighted by molar-refractivity contribution is 9.10. The van der Waals surface area contributed by atoms with Crippen LogP contribution in [0.15, 0.2) is 40.9 Å². The van der Waals surface area contributed by atoms with Crippen molar-refractivity contribution in [2.24, 2.45) is 5.92 Å². The molecule has 8 heteroatoms. The third-order valence-corrected chi connectivity index (χ3v) is 6.28. The Balaban J connectivity index is 1.88. The van der Waals surface area contributed by atoms with Gasteiger partial charge in [-0.3, -0.25) is 10.1 Å². The predicted octanol–water partition coefficient (Wildman–Crippen LogP) is 5.21. The lowest BCUT2D eigenvalue weighted by Crippen LogP contribution is -2.30.